The Morgan fingerprint density at radius 3 is 2.35 bits per heavy atom. The van der Waals surface area contributed by atoms with Crippen molar-refractivity contribution in [2.24, 2.45) is 10.9 Å². The highest BCUT2D eigenvalue weighted by Crippen LogP contribution is 2.11. The Kier molecular flexibility index (Phi) is 7.13. The van der Waals surface area contributed by atoms with E-state index in [1.54, 1.807) is 13.0 Å². The zero-order valence-corrected chi connectivity index (χ0v) is 14.1. The van der Waals surface area contributed by atoms with Crippen molar-refractivity contribution in [2.75, 3.05) is 0 Å². The van der Waals surface area contributed by atoms with Gasteiger partial charge in [-0.2, -0.15) is 5.10 Å². The standard InChI is InChI=1S/C10H11FN2O.C9H12/c1-6-3-4-8(11)5-9(6)10(13-12)7(2)14;1-3-9-6-4-5-8(2)7-9/h3-5H,12H2,1-2H3;4-7H,3H2,1-2H3/b13-10+;. The summed E-state index contributed by atoms with van der Waals surface area (Å²) in [7, 11) is 0. The number of Topliss-reactive ketones (excluding diaryl/α,β-unsaturated/α-hetero) is 1. The third-order valence-electron chi connectivity index (χ3n) is 3.41. The first-order valence-electron chi connectivity index (χ1n) is 7.49. The maximum absolute atomic E-state index is 12.9. The Balaban J connectivity index is 0.000000253. The molecule has 0 spiro atoms. The Labute approximate surface area is 137 Å². The van der Waals surface area contributed by atoms with Gasteiger partial charge in [0.1, 0.15) is 11.5 Å². The Hall–Kier alpha value is -2.49. The molecule has 0 radical (unpaired) electrons. The van der Waals surface area contributed by atoms with E-state index in [2.05, 4.69) is 43.2 Å². The van der Waals surface area contributed by atoms with Crippen LogP contribution in [0, 0.1) is 19.7 Å². The minimum Gasteiger partial charge on any atom is -0.323 e. The van der Waals surface area contributed by atoms with Gasteiger partial charge >= 0.3 is 0 Å². The van der Waals surface area contributed by atoms with Gasteiger partial charge in [-0.3, -0.25) is 4.79 Å². The molecule has 2 rings (SSSR count). The number of ketones is 1. The van der Waals surface area contributed by atoms with Gasteiger partial charge in [0.2, 0.25) is 0 Å². The number of hydrogen-bond acceptors (Lipinski definition) is 3. The van der Waals surface area contributed by atoms with Gasteiger partial charge in [-0.1, -0.05) is 42.8 Å². The Bertz CT molecular complexity index is 708. The van der Waals surface area contributed by atoms with Crippen LogP contribution in [0.5, 0.6) is 0 Å². The lowest BCUT2D eigenvalue weighted by molar-refractivity contribution is -0.111. The number of nitrogens with two attached hydrogens (primary N) is 1. The normalized spacial score (nSPS) is 10.7. The van der Waals surface area contributed by atoms with Gasteiger partial charge in [0.15, 0.2) is 5.78 Å². The van der Waals surface area contributed by atoms with Crippen LogP contribution in [0.4, 0.5) is 4.39 Å². The maximum atomic E-state index is 12.9. The Morgan fingerprint density at radius 2 is 1.87 bits per heavy atom. The van der Waals surface area contributed by atoms with Crippen molar-refractivity contribution in [3.05, 3.63) is 70.5 Å². The molecule has 23 heavy (non-hydrogen) atoms. The van der Waals surface area contributed by atoms with Gasteiger partial charge < -0.3 is 5.84 Å². The van der Waals surface area contributed by atoms with Gasteiger partial charge in [-0.15, -0.1) is 0 Å². The van der Waals surface area contributed by atoms with E-state index in [0.717, 1.165) is 12.0 Å². The topological polar surface area (TPSA) is 55.5 Å². The highest BCUT2D eigenvalue weighted by Gasteiger charge is 2.12. The van der Waals surface area contributed by atoms with Crippen molar-refractivity contribution in [3.8, 4) is 0 Å². The van der Waals surface area contributed by atoms with Gasteiger partial charge in [0.25, 0.3) is 0 Å². The maximum Gasteiger partial charge on any atom is 0.180 e. The van der Waals surface area contributed by atoms with Crippen LogP contribution in [0.25, 0.3) is 0 Å². The lowest BCUT2D eigenvalue weighted by atomic mass is 10.0. The molecule has 3 nitrogen and oxygen atoms in total. The fourth-order valence-corrected chi connectivity index (χ4v) is 2.13. The second kappa shape index (κ2) is 8.83. The molecular weight excluding hydrogens is 291 g/mol. The minimum atomic E-state index is -0.409. The summed E-state index contributed by atoms with van der Waals surface area (Å²) < 4.78 is 12.9. The van der Waals surface area contributed by atoms with Crippen molar-refractivity contribution in [1.82, 2.24) is 0 Å². The minimum absolute atomic E-state index is 0.0991. The van der Waals surface area contributed by atoms with E-state index in [4.69, 9.17) is 5.84 Å². The highest BCUT2D eigenvalue weighted by atomic mass is 19.1. The van der Waals surface area contributed by atoms with E-state index in [-0.39, 0.29) is 11.5 Å². The molecule has 0 amide bonds. The summed E-state index contributed by atoms with van der Waals surface area (Å²) in [5.41, 5.74) is 4.09. The molecule has 0 heterocycles. The second-order valence-electron chi connectivity index (χ2n) is 5.34. The summed E-state index contributed by atoms with van der Waals surface area (Å²) in [6.45, 7) is 7.41. The summed E-state index contributed by atoms with van der Waals surface area (Å²) >= 11 is 0. The molecule has 0 saturated carbocycles. The molecule has 0 saturated heterocycles. The first-order valence-corrected chi connectivity index (χ1v) is 7.49. The molecule has 122 valence electrons. The predicted octanol–water partition coefficient (Wildman–Crippen LogP) is 3.94. The fraction of sp³-hybridized carbons (Fsp3) is 0.263. The molecule has 0 aliphatic rings. The molecule has 0 aliphatic heterocycles. The third-order valence-corrected chi connectivity index (χ3v) is 3.41. The number of aryl methyl sites for hydroxylation is 3. The number of hydrazone groups is 1. The molecule has 0 atom stereocenters. The molecule has 0 unspecified atom stereocenters. The molecular formula is C19H23FN2O. The number of nitrogens with zero attached hydrogens (tertiary/aromatic N) is 1. The van der Waals surface area contributed by atoms with E-state index < -0.39 is 5.82 Å². The number of hydrogen-bond donors (Lipinski definition) is 1. The van der Waals surface area contributed by atoms with E-state index >= 15 is 0 Å². The quantitative estimate of drug-likeness (QED) is 0.530. The first-order chi connectivity index (χ1) is 10.9. The zero-order chi connectivity index (χ0) is 17.4. The van der Waals surface area contributed by atoms with Crippen LogP contribution in [0.3, 0.4) is 0 Å². The first kappa shape index (κ1) is 18.6. The zero-order valence-electron chi connectivity index (χ0n) is 14.1. The van der Waals surface area contributed by atoms with Gasteiger partial charge in [-0.05, 0) is 43.5 Å². The predicted molar refractivity (Wildman–Crippen MR) is 93.1 cm³/mol. The average Bonchev–Trinajstić information content (AvgIpc) is 2.51. The van der Waals surface area contributed by atoms with Crippen LogP contribution in [0.2, 0.25) is 0 Å². The fourth-order valence-electron chi connectivity index (χ4n) is 2.13. The van der Waals surface area contributed by atoms with Crippen molar-refractivity contribution in [3.63, 3.8) is 0 Å². The molecule has 0 fully saturated rings. The van der Waals surface area contributed by atoms with E-state index in [9.17, 15) is 9.18 Å². The van der Waals surface area contributed by atoms with Crippen LogP contribution in [0.1, 0.15) is 36.1 Å². The summed E-state index contributed by atoms with van der Waals surface area (Å²) in [6, 6.07) is 12.8. The SMILES string of the molecule is CC(=O)/C(=N\N)c1cc(F)ccc1C.CCc1cccc(C)c1. The Morgan fingerprint density at radius 1 is 1.17 bits per heavy atom. The van der Waals surface area contributed by atoms with Crippen LogP contribution in [-0.2, 0) is 11.2 Å². The molecule has 0 bridgehead atoms. The molecule has 2 aromatic carbocycles. The number of carbonyl (C=O) groups excluding carboxylic acids is 1. The summed E-state index contributed by atoms with van der Waals surface area (Å²) in [5, 5.41) is 3.36. The average molecular weight is 314 g/mol. The van der Waals surface area contributed by atoms with Crippen molar-refractivity contribution >= 4 is 11.5 Å². The van der Waals surface area contributed by atoms with E-state index in [0.29, 0.717) is 5.56 Å². The smallest absolute Gasteiger partial charge is 0.180 e. The van der Waals surface area contributed by atoms with Crippen molar-refractivity contribution in [1.29, 1.82) is 0 Å². The number of benzene rings is 2. The lowest BCUT2D eigenvalue weighted by Crippen LogP contribution is -2.15. The van der Waals surface area contributed by atoms with Gasteiger partial charge in [0, 0.05) is 12.5 Å². The largest absolute Gasteiger partial charge is 0.323 e. The summed E-state index contributed by atoms with van der Waals surface area (Å²) in [5.74, 6) is 4.38. The highest BCUT2D eigenvalue weighted by molar-refractivity contribution is 6.45. The van der Waals surface area contributed by atoms with Crippen LogP contribution in [-0.4, -0.2) is 11.5 Å². The van der Waals surface area contributed by atoms with Crippen LogP contribution in [0.15, 0.2) is 47.6 Å². The van der Waals surface area contributed by atoms with Crippen molar-refractivity contribution in [2.45, 2.75) is 34.1 Å². The van der Waals surface area contributed by atoms with E-state index in [1.807, 2.05) is 0 Å². The van der Waals surface area contributed by atoms with Crippen molar-refractivity contribution < 1.29 is 9.18 Å². The summed E-state index contributed by atoms with van der Waals surface area (Å²) in [6.07, 6.45) is 1.14. The van der Waals surface area contributed by atoms with Gasteiger partial charge in [-0.25, -0.2) is 4.39 Å². The monoisotopic (exact) mass is 314 g/mol. The number of carbonyl (C=O) groups is 1. The van der Waals surface area contributed by atoms with Crippen LogP contribution < -0.4 is 5.84 Å². The lowest BCUT2D eigenvalue weighted by Gasteiger charge is -2.05. The third kappa shape index (κ3) is 5.66. The molecule has 2 N–H and O–H groups in total. The van der Waals surface area contributed by atoms with Crippen LogP contribution >= 0.6 is 0 Å². The van der Waals surface area contributed by atoms with Gasteiger partial charge in [0.05, 0.1) is 0 Å². The molecule has 0 aromatic heterocycles. The number of rotatable bonds is 3. The van der Waals surface area contributed by atoms with E-state index in [1.165, 1.54) is 30.2 Å². The summed E-state index contributed by atoms with van der Waals surface area (Å²) in [4.78, 5) is 11.1. The number of halogens is 1. The molecule has 2 aromatic rings. The molecule has 0 aliphatic carbocycles. The molecule has 4 heteroatoms. The second-order valence-corrected chi connectivity index (χ2v) is 5.34.